The van der Waals surface area contributed by atoms with E-state index in [0.717, 1.165) is 19.3 Å². The van der Waals surface area contributed by atoms with Gasteiger partial charge in [0.1, 0.15) is 0 Å². The standard InChI is InChI=1S/C15H21NO.C2H3N/c1-11(17)16-15(2,3)10-12-8-13-6-4-5-7-14(13)9-12;1-2-3/h4-7,12H,8-10H2,1-3H3,(H,16,17);1H3. The van der Waals surface area contributed by atoms with Crippen LogP contribution in [0, 0.1) is 17.2 Å². The molecule has 1 amide bonds. The van der Waals surface area contributed by atoms with Gasteiger partial charge >= 0.3 is 0 Å². The molecule has 0 aliphatic heterocycles. The first kappa shape index (κ1) is 16.2. The van der Waals surface area contributed by atoms with Crippen LogP contribution in [0.15, 0.2) is 24.3 Å². The maximum atomic E-state index is 11.1. The van der Waals surface area contributed by atoms with Gasteiger partial charge in [0.15, 0.2) is 0 Å². The predicted molar refractivity (Wildman–Crippen MR) is 81.1 cm³/mol. The van der Waals surface area contributed by atoms with Gasteiger partial charge in [-0.15, -0.1) is 0 Å². The van der Waals surface area contributed by atoms with Gasteiger partial charge < -0.3 is 5.32 Å². The molecule has 1 aliphatic rings. The fraction of sp³-hybridized carbons (Fsp3) is 0.529. The summed E-state index contributed by atoms with van der Waals surface area (Å²) in [6.07, 6.45) is 3.35. The second kappa shape index (κ2) is 7.09. The van der Waals surface area contributed by atoms with Crippen LogP contribution >= 0.6 is 0 Å². The lowest BCUT2D eigenvalue weighted by Crippen LogP contribution is -2.43. The summed E-state index contributed by atoms with van der Waals surface area (Å²) in [5.74, 6) is 0.722. The summed E-state index contributed by atoms with van der Waals surface area (Å²) in [5, 5.41) is 10.4. The molecule has 0 spiro atoms. The van der Waals surface area contributed by atoms with E-state index in [1.165, 1.54) is 18.1 Å². The normalized spacial score (nSPS) is 13.8. The molecular weight excluding hydrogens is 248 g/mol. The molecular formula is C17H24N2O. The molecule has 0 bridgehead atoms. The lowest BCUT2D eigenvalue weighted by Gasteiger charge is -2.28. The lowest BCUT2D eigenvalue weighted by molar-refractivity contribution is -0.120. The van der Waals surface area contributed by atoms with Crippen molar-refractivity contribution < 1.29 is 4.79 Å². The van der Waals surface area contributed by atoms with Crippen LogP contribution in [0.5, 0.6) is 0 Å². The highest BCUT2D eigenvalue weighted by atomic mass is 16.1. The molecule has 20 heavy (non-hydrogen) atoms. The average Bonchev–Trinajstić information content (AvgIpc) is 2.68. The number of fused-ring (bicyclic) bond motifs is 1. The van der Waals surface area contributed by atoms with Gasteiger partial charge in [-0.3, -0.25) is 4.79 Å². The first-order valence-electron chi connectivity index (χ1n) is 7.04. The number of nitrogens with zero attached hydrogens (tertiary/aromatic N) is 1. The predicted octanol–water partition coefficient (Wildman–Crippen LogP) is 3.24. The van der Waals surface area contributed by atoms with E-state index in [-0.39, 0.29) is 11.4 Å². The van der Waals surface area contributed by atoms with Gasteiger partial charge in [-0.1, -0.05) is 24.3 Å². The molecule has 1 N–H and O–H groups in total. The highest BCUT2D eigenvalue weighted by Crippen LogP contribution is 2.31. The van der Waals surface area contributed by atoms with Crippen molar-refractivity contribution in [2.75, 3.05) is 0 Å². The Balaban J connectivity index is 0.000000612. The number of nitriles is 1. The molecule has 0 saturated heterocycles. The molecule has 1 aliphatic carbocycles. The van der Waals surface area contributed by atoms with Crippen LogP contribution in [-0.2, 0) is 17.6 Å². The molecule has 0 aromatic heterocycles. The topological polar surface area (TPSA) is 52.9 Å². The maximum absolute atomic E-state index is 11.1. The Morgan fingerprint density at radius 2 is 1.80 bits per heavy atom. The van der Waals surface area contributed by atoms with E-state index in [4.69, 9.17) is 5.26 Å². The zero-order chi connectivity index (χ0) is 15.2. The first-order valence-corrected chi connectivity index (χ1v) is 7.04. The van der Waals surface area contributed by atoms with Gasteiger partial charge in [0.2, 0.25) is 5.91 Å². The molecule has 3 nitrogen and oxygen atoms in total. The summed E-state index contributed by atoms with van der Waals surface area (Å²) in [5.41, 5.74) is 2.87. The molecule has 0 heterocycles. The van der Waals surface area contributed by atoms with E-state index in [1.54, 1.807) is 13.0 Å². The van der Waals surface area contributed by atoms with Crippen LogP contribution < -0.4 is 5.32 Å². The summed E-state index contributed by atoms with van der Waals surface area (Å²) in [7, 11) is 0. The van der Waals surface area contributed by atoms with Crippen molar-refractivity contribution in [3.8, 4) is 6.07 Å². The second-order valence-electron chi connectivity index (χ2n) is 6.04. The zero-order valence-corrected chi connectivity index (χ0v) is 12.9. The maximum Gasteiger partial charge on any atom is 0.217 e. The number of amides is 1. The van der Waals surface area contributed by atoms with Crippen LogP contribution in [-0.4, -0.2) is 11.4 Å². The molecule has 3 heteroatoms. The second-order valence-corrected chi connectivity index (χ2v) is 6.04. The Hall–Kier alpha value is -1.82. The van der Waals surface area contributed by atoms with Crippen LogP contribution in [0.3, 0.4) is 0 Å². The quantitative estimate of drug-likeness (QED) is 0.918. The van der Waals surface area contributed by atoms with Crippen LogP contribution in [0.2, 0.25) is 0 Å². The minimum absolute atomic E-state index is 0.0607. The fourth-order valence-corrected chi connectivity index (χ4v) is 3.04. The first-order chi connectivity index (χ1) is 9.38. The number of rotatable bonds is 3. The van der Waals surface area contributed by atoms with Crippen LogP contribution in [0.25, 0.3) is 0 Å². The Kier molecular flexibility index (Phi) is 5.76. The van der Waals surface area contributed by atoms with E-state index in [2.05, 4.69) is 43.4 Å². The Labute approximate surface area is 122 Å². The minimum Gasteiger partial charge on any atom is -0.351 e. The molecule has 2 rings (SSSR count). The number of nitrogens with one attached hydrogen (secondary N) is 1. The smallest absolute Gasteiger partial charge is 0.217 e. The third-order valence-corrected chi connectivity index (χ3v) is 3.45. The van der Waals surface area contributed by atoms with Gasteiger partial charge in [0, 0.05) is 19.4 Å². The van der Waals surface area contributed by atoms with Crippen molar-refractivity contribution in [1.29, 1.82) is 5.26 Å². The molecule has 1 aromatic carbocycles. The van der Waals surface area contributed by atoms with E-state index >= 15 is 0 Å². The Morgan fingerprint density at radius 1 is 1.35 bits per heavy atom. The largest absolute Gasteiger partial charge is 0.351 e. The average molecular weight is 272 g/mol. The SMILES string of the molecule is CC#N.CC(=O)NC(C)(C)CC1Cc2ccccc2C1. The van der Waals surface area contributed by atoms with Gasteiger partial charge in [-0.05, 0) is 50.2 Å². The number of carbonyl (C=O) groups excluding carboxylic acids is 1. The number of benzene rings is 1. The monoisotopic (exact) mass is 272 g/mol. The summed E-state index contributed by atoms with van der Waals surface area (Å²) >= 11 is 0. The number of hydrogen-bond acceptors (Lipinski definition) is 2. The van der Waals surface area contributed by atoms with Gasteiger partial charge in [-0.2, -0.15) is 5.26 Å². The van der Waals surface area contributed by atoms with Crippen molar-refractivity contribution in [3.05, 3.63) is 35.4 Å². The van der Waals surface area contributed by atoms with Crippen molar-refractivity contribution >= 4 is 5.91 Å². The van der Waals surface area contributed by atoms with Gasteiger partial charge in [-0.25, -0.2) is 0 Å². The molecule has 0 unspecified atom stereocenters. The fourth-order valence-electron chi connectivity index (χ4n) is 3.04. The van der Waals surface area contributed by atoms with E-state index in [9.17, 15) is 4.79 Å². The zero-order valence-electron chi connectivity index (χ0n) is 12.9. The third kappa shape index (κ3) is 5.05. The highest BCUT2D eigenvalue weighted by molar-refractivity contribution is 5.73. The highest BCUT2D eigenvalue weighted by Gasteiger charge is 2.28. The van der Waals surface area contributed by atoms with Crippen molar-refractivity contribution in [2.24, 2.45) is 5.92 Å². The van der Waals surface area contributed by atoms with Crippen molar-refractivity contribution in [3.63, 3.8) is 0 Å². The summed E-state index contributed by atoms with van der Waals surface area (Å²) in [4.78, 5) is 11.1. The van der Waals surface area contributed by atoms with Gasteiger partial charge in [0.05, 0.1) is 6.07 Å². The third-order valence-electron chi connectivity index (χ3n) is 3.45. The van der Waals surface area contributed by atoms with E-state index < -0.39 is 0 Å². The Morgan fingerprint density at radius 3 is 2.20 bits per heavy atom. The minimum atomic E-state index is -0.0987. The van der Waals surface area contributed by atoms with Gasteiger partial charge in [0.25, 0.3) is 0 Å². The molecule has 108 valence electrons. The van der Waals surface area contributed by atoms with E-state index in [0.29, 0.717) is 5.92 Å². The summed E-state index contributed by atoms with van der Waals surface area (Å²) < 4.78 is 0. The number of carbonyl (C=O) groups is 1. The lowest BCUT2D eigenvalue weighted by atomic mass is 9.88. The van der Waals surface area contributed by atoms with Crippen molar-refractivity contribution in [1.82, 2.24) is 5.32 Å². The Bertz CT molecular complexity index is 475. The molecule has 0 fully saturated rings. The molecule has 0 atom stereocenters. The summed E-state index contributed by atoms with van der Waals surface area (Å²) in [6, 6.07) is 10.4. The number of hydrogen-bond donors (Lipinski definition) is 1. The molecule has 0 radical (unpaired) electrons. The van der Waals surface area contributed by atoms with E-state index in [1.807, 2.05) is 0 Å². The molecule has 0 saturated carbocycles. The van der Waals surface area contributed by atoms with Crippen molar-refractivity contribution in [2.45, 2.75) is 52.5 Å². The van der Waals surface area contributed by atoms with Crippen LogP contribution in [0.1, 0.15) is 45.2 Å². The molecule has 1 aromatic rings. The van der Waals surface area contributed by atoms with Crippen LogP contribution in [0.4, 0.5) is 0 Å². The summed E-state index contributed by atoms with van der Waals surface area (Å²) in [6.45, 7) is 7.24.